The number of aromatic nitrogens is 2. The second kappa shape index (κ2) is 9.91. The number of hydrogen-bond donors (Lipinski definition) is 2. The molecule has 144 valence electrons. The summed E-state index contributed by atoms with van der Waals surface area (Å²) >= 11 is 0. The van der Waals surface area contributed by atoms with Gasteiger partial charge in [0.2, 0.25) is 0 Å². The Balaban J connectivity index is 1.40. The topological polar surface area (TPSA) is 85.4 Å². The summed E-state index contributed by atoms with van der Waals surface area (Å²) in [4.78, 5) is 20.6. The lowest BCUT2D eigenvalue weighted by Crippen LogP contribution is -2.23. The Labute approximate surface area is 163 Å². The maximum Gasteiger partial charge on any atom is 0.253 e. The van der Waals surface area contributed by atoms with E-state index in [1.54, 1.807) is 31.6 Å². The maximum absolute atomic E-state index is 12.2. The molecule has 7 nitrogen and oxygen atoms in total. The molecule has 0 saturated heterocycles. The number of hydrogen-bond acceptors (Lipinski definition) is 6. The smallest absolute Gasteiger partial charge is 0.253 e. The van der Waals surface area contributed by atoms with Crippen molar-refractivity contribution >= 4 is 11.7 Å². The summed E-state index contributed by atoms with van der Waals surface area (Å²) in [7, 11) is 1.63. The van der Waals surface area contributed by atoms with Crippen molar-refractivity contribution in [1.29, 1.82) is 0 Å². The highest BCUT2D eigenvalue weighted by Crippen LogP contribution is 2.16. The number of nitrogens with zero attached hydrogens (tertiary/aromatic N) is 2. The van der Waals surface area contributed by atoms with E-state index in [9.17, 15) is 4.79 Å². The summed E-state index contributed by atoms with van der Waals surface area (Å²) in [6, 6.07) is 16.5. The van der Waals surface area contributed by atoms with Crippen molar-refractivity contribution in [1.82, 2.24) is 15.3 Å². The van der Waals surface area contributed by atoms with Crippen molar-refractivity contribution in [2.24, 2.45) is 0 Å². The number of anilines is 1. The molecule has 0 saturated carbocycles. The molecule has 28 heavy (non-hydrogen) atoms. The molecule has 7 heteroatoms. The molecule has 0 atom stereocenters. The molecule has 2 heterocycles. The summed E-state index contributed by atoms with van der Waals surface area (Å²) in [5.74, 6) is 2.06. The van der Waals surface area contributed by atoms with Gasteiger partial charge in [0.25, 0.3) is 5.91 Å². The highest BCUT2D eigenvalue weighted by molar-refractivity contribution is 5.93. The number of nitrogens with one attached hydrogen (secondary N) is 2. The van der Waals surface area contributed by atoms with Crippen molar-refractivity contribution in [2.75, 3.05) is 25.6 Å². The second-order valence-corrected chi connectivity index (χ2v) is 5.89. The Morgan fingerprint density at radius 1 is 1.00 bits per heavy atom. The molecule has 0 spiro atoms. The predicted octanol–water partition coefficient (Wildman–Crippen LogP) is 2.91. The first-order valence-electron chi connectivity index (χ1n) is 8.89. The first-order valence-corrected chi connectivity index (χ1v) is 8.89. The maximum atomic E-state index is 12.2. The monoisotopic (exact) mass is 378 g/mol. The molecule has 2 aromatic heterocycles. The van der Waals surface area contributed by atoms with Gasteiger partial charge in [-0.15, -0.1) is 0 Å². The first-order chi connectivity index (χ1) is 13.7. The normalized spacial score (nSPS) is 10.2. The van der Waals surface area contributed by atoms with Gasteiger partial charge in [0, 0.05) is 12.4 Å². The van der Waals surface area contributed by atoms with E-state index in [0.717, 1.165) is 17.2 Å². The summed E-state index contributed by atoms with van der Waals surface area (Å²) in [5, 5.41) is 5.98. The third-order valence-corrected chi connectivity index (χ3v) is 3.92. The zero-order chi connectivity index (χ0) is 19.6. The lowest BCUT2D eigenvalue weighted by Gasteiger charge is -2.09. The molecule has 0 bridgehead atoms. The van der Waals surface area contributed by atoms with Gasteiger partial charge in [0.05, 0.1) is 31.5 Å². The van der Waals surface area contributed by atoms with Gasteiger partial charge >= 0.3 is 0 Å². The molecule has 0 aliphatic carbocycles. The van der Waals surface area contributed by atoms with Crippen LogP contribution in [0.4, 0.5) is 5.82 Å². The molecule has 3 rings (SSSR count). The van der Waals surface area contributed by atoms with Crippen molar-refractivity contribution < 1.29 is 14.3 Å². The number of methoxy groups -OCH3 is 1. The summed E-state index contributed by atoms with van der Waals surface area (Å²) < 4.78 is 10.8. The summed E-state index contributed by atoms with van der Waals surface area (Å²) in [5.41, 5.74) is 1.30. The van der Waals surface area contributed by atoms with Gasteiger partial charge in [-0.3, -0.25) is 9.78 Å². The first kappa shape index (κ1) is 19.2. The van der Waals surface area contributed by atoms with E-state index in [1.165, 1.54) is 0 Å². The quantitative estimate of drug-likeness (QED) is 0.557. The third kappa shape index (κ3) is 5.70. The molecule has 1 aromatic carbocycles. The van der Waals surface area contributed by atoms with E-state index in [1.807, 2.05) is 42.5 Å². The largest absolute Gasteiger partial charge is 0.497 e. The molecule has 3 aromatic rings. The molecule has 1 amide bonds. The molecule has 0 aliphatic heterocycles. The predicted molar refractivity (Wildman–Crippen MR) is 107 cm³/mol. The molecular weight excluding hydrogens is 356 g/mol. The molecule has 2 N–H and O–H groups in total. The van der Waals surface area contributed by atoms with Crippen LogP contribution in [0.15, 0.2) is 67.0 Å². The fourth-order valence-corrected chi connectivity index (χ4v) is 2.43. The third-order valence-electron chi connectivity index (χ3n) is 3.92. The van der Waals surface area contributed by atoms with Crippen LogP contribution in [0.3, 0.4) is 0 Å². The van der Waals surface area contributed by atoms with E-state index < -0.39 is 0 Å². The van der Waals surface area contributed by atoms with E-state index in [4.69, 9.17) is 9.47 Å². The van der Waals surface area contributed by atoms with E-state index >= 15 is 0 Å². The van der Waals surface area contributed by atoms with Crippen molar-refractivity contribution in [3.8, 4) is 11.5 Å². The SMILES string of the molecule is COc1ccc(OCCNc2ccc(C(=O)NCc3ccccn3)cn2)cc1. The van der Waals surface area contributed by atoms with Gasteiger partial charge < -0.3 is 20.1 Å². The van der Waals surface area contributed by atoms with Gasteiger partial charge in [0.15, 0.2) is 0 Å². The molecule has 0 unspecified atom stereocenters. The van der Waals surface area contributed by atoms with E-state index in [0.29, 0.717) is 31.1 Å². The number of carbonyl (C=O) groups excluding carboxylic acids is 1. The Hall–Kier alpha value is -3.61. The van der Waals surface area contributed by atoms with Crippen molar-refractivity contribution in [3.63, 3.8) is 0 Å². The number of amides is 1. The van der Waals surface area contributed by atoms with E-state index in [-0.39, 0.29) is 5.91 Å². The van der Waals surface area contributed by atoms with Crippen LogP contribution in [-0.4, -0.2) is 36.1 Å². The van der Waals surface area contributed by atoms with Crippen LogP contribution in [0.1, 0.15) is 16.1 Å². The average molecular weight is 378 g/mol. The Bertz CT molecular complexity index is 868. The van der Waals surface area contributed by atoms with Gasteiger partial charge in [-0.25, -0.2) is 4.98 Å². The minimum atomic E-state index is -0.187. The Morgan fingerprint density at radius 2 is 1.82 bits per heavy atom. The Morgan fingerprint density at radius 3 is 2.50 bits per heavy atom. The summed E-state index contributed by atoms with van der Waals surface area (Å²) in [6.07, 6.45) is 3.24. The number of carbonyl (C=O) groups is 1. The Kier molecular flexibility index (Phi) is 6.78. The van der Waals surface area contributed by atoms with Crippen LogP contribution in [0.5, 0.6) is 11.5 Å². The zero-order valence-corrected chi connectivity index (χ0v) is 15.6. The fourth-order valence-electron chi connectivity index (χ4n) is 2.43. The van der Waals surface area contributed by atoms with Gasteiger partial charge in [0.1, 0.15) is 23.9 Å². The molecule has 0 fully saturated rings. The number of benzene rings is 1. The van der Waals surface area contributed by atoms with Crippen LogP contribution in [0.2, 0.25) is 0 Å². The molecular formula is C21H22N4O3. The van der Waals surface area contributed by atoms with Gasteiger partial charge in [-0.05, 0) is 48.5 Å². The zero-order valence-electron chi connectivity index (χ0n) is 15.6. The highest BCUT2D eigenvalue weighted by atomic mass is 16.5. The number of rotatable bonds is 9. The average Bonchev–Trinajstić information content (AvgIpc) is 2.76. The highest BCUT2D eigenvalue weighted by Gasteiger charge is 2.06. The van der Waals surface area contributed by atoms with Crippen LogP contribution < -0.4 is 20.1 Å². The van der Waals surface area contributed by atoms with Crippen LogP contribution in [0.25, 0.3) is 0 Å². The van der Waals surface area contributed by atoms with Crippen LogP contribution >= 0.6 is 0 Å². The lowest BCUT2D eigenvalue weighted by atomic mass is 10.2. The van der Waals surface area contributed by atoms with Crippen LogP contribution in [0, 0.1) is 0 Å². The standard InChI is InChI=1S/C21H22N4O3/c1-27-18-6-8-19(9-7-18)28-13-12-23-20-10-5-16(14-24-20)21(26)25-15-17-4-2-3-11-22-17/h2-11,14H,12-13,15H2,1H3,(H,23,24)(H,25,26). The van der Waals surface area contributed by atoms with Gasteiger partial charge in [-0.2, -0.15) is 0 Å². The number of ether oxygens (including phenoxy) is 2. The molecule has 0 aliphatic rings. The summed E-state index contributed by atoms with van der Waals surface area (Å²) in [6.45, 7) is 1.45. The minimum Gasteiger partial charge on any atom is -0.497 e. The molecule has 0 radical (unpaired) electrons. The van der Waals surface area contributed by atoms with Crippen molar-refractivity contribution in [2.45, 2.75) is 6.54 Å². The van der Waals surface area contributed by atoms with E-state index in [2.05, 4.69) is 20.6 Å². The second-order valence-electron chi connectivity index (χ2n) is 5.89. The van der Waals surface area contributed by atoms with Gasteiger partial charge in [-0.1, -0.05) is 6.07 Å². The minimum absolute atomic E-state index is 0.187. The fraction of sp³-hybridized carbons (Fsp3) is 0.190. The van der Waals surface area contributed by atoms with Crippen molar-refractivity contribution in [3.05, 3.63) is 78.2 Å². The number of pyridine rings is 2. The lowest BCUT2D eigenvalue weighted by molar-refractivity contribution is 0.0950. The van der Waals surface area contributed by atoms with Crippen LogP contribution in [-0.2, 0) is 6.54 Å².